The van der Waals surface area contributed by atoms with Crippen molar-refractivity contribution >= 4 is 5.78 Å². The number of unbranched alkanes of at least 4 members (excludes halogenated alkanes) is 3. The molecule has 0 radical (unpaired) electrons. The first kappa shape index (κ1) is 12.4. The Morgan fingerprint density at radius 3 is 2.93 bits per heavy atom. The molecule has 1 atom stereocenters. The van der Waals surface area contributed by atoms with Crippen molar-refractivity contribution in [2.45, 2.75) is 44.9 Å². The monoisotopic (exact) mass is 210 g/mol. The number of hydrogen-bond acceptors (Lipinski definition) is 2. The molecule has 1 heterocycles. The number of ketones is 1. The van der Waals surface area contributed by atoms with Crippen LogP contribution < -0.4 is 0 Å². The van der Waals surface area contributed by atoms with Crippen molar-refractivity contribution in [2.75, 3.05) is 13.2 Å². The molecule has 1 fully saturated rings. The molecule has 0 aromatic carbocycles. The summed E-state index contributed by atoms with van der Waals surface area (Å²) in [6.07, 6.45) is 9.17. The third kappa shape index (κ3) is 5.12. The number of carbonyl (C=O) groups excluding carboxylic acids is 1. The van der Waals surface area contributed by atoms with E-state index >= 15 is 0 Å². The van der Waals surface area contributed by atoms with Crippen LogP contribution in [0.15, 0.2) is 12.7 Å². The first-order chi connectivity index (χ1) is 7.34. The Balaban J connectivity index is 2.04. The van der Waals surface area contributed by atoms with E-state index in [2.05, 4.69) is 6.58 Å². The highest BCUT2D eigenvalue weighted by Crippen LogP contribution is 2.17. The van der Waals surface area contributed by atoms with E-state index in [4.69, 9.17) is 4.74 Å². The Kier molecular flexibility index (Phi) is 6.33. The highest BCUT2D eigenvalue weighted by atomic mass is 16.5. The summed E-state index contributed by atoms with van der Waals surface area (Å²) in [5.74, 6) is 0.603. The second-order valence-corrected chi connectivity index (χ2v) is 4.27. The molecule has 0 saturated carbocycles. The van der Waals surface area contributed by atoms with Crippen LogP contribution in [0.5, 0.6) is 0 Å². The number of allylic oxidation sites excluding steroid dienone is 1. The molecule has 2 heteroatoms. The van der Waals surface area contributed by atoms with Gasteiger partial charge < -0.3 is 4.74 Å². The van der Waals surface area contributed by atoms with E-state index in [9.17, 15) is 4.79 Å². The van der Waals surface area contributed by atoms with Crippen LogP contribution in [0.3, 0.4) is 0 Å². The molecule has 1 unspecified atom stereocenters. The minimum atomic E-state index is 0.193. The maximum atomic E-state index is 11.7. The maximum Gasteiger partial charge on any atom is 0.138 e. The molecule has 0 N–H and O–H groups in total. The molecule has 0 aromatic rings. The number of Topliss-reactive ketones (excluding diaryl/α,β-unsaturated/α-hetero) is 1. The van der Waals surface area contributed by atoms with Gasteiger partial charge in [0.05, 0.1) is 6.61 Å². The van der Waals surface area contributed by atoms with E-state index < -0.39 is 0 Å². The smallest absolute Gasteiger partial charge is 0.138 e. The number of hydrogen-bond donors (Lipinski definition) is 0. The molecule has 86 valence electrons. The molecular weight excluding hydrogens is 188 g/mol. The van der Waals surface area contributed by atoms with E-state index in [1.54, 1.807) is 0 Å². The standard InChI is InChI=1S/C13H22O2/c1-2-3-4-5-6-9-13(14)12-8-7-10-15-11-12/h2,12H,1,3-11H2. The van der Waals surface area contributed by atoms with E-state index in [0.29, 0.717) is 12.4 Å². The van der Waals surface area contributed by atoms with E-state index in [0.717, 1.165) is 51.6 Å². The average molecular weight is 210 g/mol. The minimum absolute atomic E-state index is 0.193. The van der Waals surface area contributed by atoms with Crippen LogP contribution in [0.4, 0.5) is 0 Å². The van der Waals surface area contributed by atoms with Crippen LogP contribution in [-0.2, 0) is 9.53 Å². The zero-order valence-corrected chi connectivity index (χ0v) is 9.54. The molecule has 1 aliphatic heterocycles. The fraction of sp³-hybridized carbons (Fsp3) is 0.769. The lowest BCUT2D eigenvalue weighted by molar-refractivity contribution is -0.126. The first-order valence-corrected chi connectivity index (χ1v) is 6.06. The second-order valence-electron chi connectivity index (χ2n) is 4.27. The van der Waals surface area contributed by atoms with Gasteiger partial charge >= 0.3 is 0 Å². The van der Waals surface area contributed by atoms with Gasteiger partial charge in [0.1, 0.15) is 5.78 Å². The summed E-state index contributed by atoms with van der Waals surface area (Å²) in [5, 5.41) is 0. The SMILES string of the molecule is C=CCCCCCC(=O)C1CCCOC1. The summed E-state index contributed by atoms with van der Waals surface area (Å²) >= 11 is 0. The van der Waals surface area contributed by atoms with E-state index in [1.165, 1.54) is 0 Å². The Hall–Kier alpha value is -0.630. The van der Waals surface area contributed by atoms with Crippen molar-refractivity contribution in [2.24, 2.45) is 5.92 Å². The Morgan fingerprint density at radius 1 is 1.40 bits per heavy atom. The van der Waals surface area contributed by atoms with Crippen LogP contribution >= 0.6 is 0 Å². The van der Waals surface area contributed by atoms with Gasteiger partial charge in [-0.1, -0.05) is 12.5 Å². The lowest BCUT2D eigenvalue weighted by Crippen LogP contribution is -2.25. The van der Waals surface area contributed by atoms with Gasteiger partial charge in [-0.05, 0) is 32.1 Å². The van der Waals surface area contributed by atoms with E-state index in [-0.39, 0.29) is 5.92 Å². The van der Waals surface area contributed by atoms with Gasteiger partial charge in [-0.25, -0.2) is 0 Å². The normalized spacial score (nSPS) is 21.2. The summed E-state index contributed by atoms with van der Waals surface area (Å²) in [6.45, 7) is 5.18. The second kappa shape index (κ2) is 7.63. The Bertz CT molecular complexity index is 193. The van der Waals surface area contributed by atoms with Gasteiger partial charge in [-0.15, -0.1) is 6.58 Å². The van der Waals surface area contributed by atoms with Crippen LogP contribution in [0.1, 0.15) is 44.9 Å². The molecule has 15 heavy (non-hydrogen) atoms. The largest absolute Gasteiger partial charge is 0.381 e. The molecule has 0 aliphatic carbocycles. The summed E-state index contributed by atoms with van der Waals surface area (Å²) in [7, 11) is 0. The molecule has 0 amide bonds. The van der Waals surface area contributed by atoms with Crippen LogP contribution in [0.2, 0.25) is 0 Å². The zero-order chi connectivity index (χ0) is 10.9. The van der Waals surface area contributed by atoms with Crippen molar-refractivity contribution in [3.8, 4) is 0 Å². The predicted octanol–water partition coefficient (Wildman–Crippen LogP) is 3.12. The first-order valence-electron chi connectivity index (χ1n) is 6.06. The van der Waals surface area contributed by atoms with Crippen molar-refractivity contribution in [3.63, 3.8) is 0 Å². The molecule has 1 rings (SSSR count). The molecule has 2 nitrogen and oxygen atoms in total. The van der Waals surface area contributed by atoms with Crippen molar-refractivity contribution in [3.05, 3.63) is 12.7 Å². The fourth-order valence-electron chi connectivity index (χ4n) is 1.96. The zero-order valence-electron chi connectivity index (χ0n) is 9.54. The molecule has 0 spiro atoms. The van der Waals surface area contributed by atoms with Crippen molar-refractivity contribution in [1.82, 2.24) is 0 Å². The van der Waals surface area contributed by atoms with Gasteiger partial charge in [-0.2, -0.15) is 0 Å². The highest BCUT2D eigenvalue weighted by molar-refractivity contribution is 5.81. The van der Waals surface area contributed by atoms with Gasteiger partial charge in [0.15, 0.2) is 0 Å². The van der Waals surface area contributed by atoms with E-state index in [1.807, 2.05) is 6.08 Å². The third-order valence-corrected chi connectivity index (χ3v) is 2.95. The molecular formula is C13H22O2. The number of rotatable bonds is 7. The fourth-order valence-corrected chi connectivity index (χ4v) is 1.96. The minimum Gasteiger partial charge on any atom is -0.381 e. The lowest BCUT2D eigenvalue weighted by atomic mass is 9.94. The van der Waals surface area contributed by atoms with Gasteiger partial charge in [0.2, 0.25) is 0 Å². The highest BCUT2D eigenvalue weighted by Gasteiger charge is 2.20. The lowest BCUT2D eigenvalue weighted by Gasteiger charge is -2.20. The topological polar surface area (TPSA) is 26.3 Å². The van der Waals surface area contributed by atoms with Gasteiger partial charge in [0, 0.05) is 18.9 Å². The maximum absolute atomic E-state index is 11.7. The van der Waals surface area contributed by atoms with Crippen molar-refractivity contribution in [1.29, 1.82) is 0 Å². The van der Waals surface area contributed by atoms with Crippen LogP contribution in [-0.4, -0.2) is 19.0 Å². The average Bonchev–Trinajstić information content (AvgIpc) is 2.30. The van der Waals surface area contributed by atoms with Crippen molar-refractivity contribution < 1.29 is 9.53 Å². The van der Waals surface area contributed by atoms with Gasteiger partial charge in [0.25, 0.3) is 0 Å². The summed E-state index contributed by atoms with van der Waals surface area (Å²) in [4.78, 5) is 11.7. The van der Waals surface area contributed by atoms with Gasteiger partial charge in [-0.3, -0.25) is 4.79 Å². The molecule has 1 saturated heterocycles. The summed E-state index contributed by atoms with van der Waals surface area (Å²) in [5.41, 5.74) is 0. The molecule has 1 aliphatic rings. The predicted molar refractivity (Wildman–Crippen MR) is 61.8 cm³/mol. The number of ether oxygens (including phenoxy) is 1. The Labute approximate surface area is 92.7 Å². The number of carbonyl (C=O) groups is 1. The quantitative estimate of drug-likeness (QED) is 0.476. The Morgan fingerprint density at radius 2 is 2.27 bits per heavy atom. The summed E-state index contributed by atoms with van der Waals surface area (Å²) in [6, 6.07) is 0. The molecule has 0 aromatic heterocycles. The third-order valence-electron chi connectivity index (χ3n) is 2.95. The van der Waals surface area contributed by atoms with Crippen LogP contribution in [0.25, 0.3) is 0 Å². The summed E-state index contributed by atoms with van der Waals surface area (Å²) < 4.78 is 5.31. The van der Waals surface area contributed by atoms with Crippen LogP contribution in [0, 0.1) is 5.92 Å². The molecule has 0 bridgehead atoms.